The molecule has 0 spiro atoms. The average molecular weight is 381 g/mol. The van der Waals surface area contributed by atoms with Crippen LogP contribution in [0.25, 0.3) is 0 Å². The molecule has 0 fully saturated rings. The van der Waals surface area contributed by atoms with E-state index in [1.54, 1.807) is 17.8 Å². The van der Waals surface area contributed by atoms with Crippen LogP contribution in [0.15, 0.2) is 27.6 Å². The molecule has 0 heterocycles. The molecule has 1 aromatic carbocycles. The van der Waals surface area contributed by atoms with Gasteiger partial charge in [0.25, 0.3) is 0 Å². The lowest BCUT2D eigenvalue weighted by Crippen LogP contribution is -2.29. The maximum Gasteiger partial charge on any atom is 0.241 e. The summed E-state index contributed by atoms with van der Waals surface area (Å²) in [7, 11) is -3.46. The van der Waals surface area contributed by atoms with E-state index in [1.807, 2.05) is 32.2 Å². The summed E-state index contributed by atoms with van der Waals surface area (Å²) in [6, 6.07) is 5.32. The van der Waals surface area contributed by atoms with E-state index in [-0.39, 0.29) is 10.1 Å². The lowest BCUT2D eigenvalue weighted by atomic mass is 10.2. The van der Waals surface area contributed by atoms with Crippen molar-refractivity contribution in [2.75, 3.05) is 19.3 Å². The molecular weight excluding hydrogens is 360 g/mol. The third kappa shape index (κ3) is 5.37. The first kappa shape index (κ1) is 18.0. The normalized spacial score (nSPS) is 13.4. The summed E-state index contributed by atoms with van der Waals surface area (Å²) in [5, 5.41) is 3.46. The van der Waals surface area contributed by atoms with E-state index >= 15 is 0 Å². The lowest BCUT2D eigenvalue weighted by Gasteiger charge is -2.12. The molecular formula is C13H21BrN2O2S2. The maximum absolute atomic E-state index is 12.2. The maximum atomic E-state index is 12.2. The third-order valence-corrected chi connectivity index (χ3v) is 6.20. The van der Waals surface area contributed by atoms with Crippen LogP contribution < -0.4 is 10.0 Å². The summed E-state index contributed by atoms with van der Waals surface area (Å²) in [4.78, 5) is 0.283. The number of hydrogen-bond acceptors (Lipinski definition) is 4. The zero-order valence-electron chi connectivity index (χ0n) is 11.9. The monoisotopic (exact) mass is 380 g/mol. The Balaban J connectivity index is 2.84. The molecule has 0 aliphatic rings. The molecule has 0 aliphatic heterocycles. The SMILES string of the molecule is CCNCc1ccc(S(=O)(=O)NCC(C)SC)c(Br)c1. The summed E-state index contributed by atoms with van der Waals surface area (Å²) in [6.07, 6.45) is 1.96. The van der Waals surface area contributed by atoms with Crippen molar-refractivity contribution < 1.29 is 8.42 Å². The fourth-order valence-corrected chi connectivity index (χ4v) is 4.14. The van der Waals surface area contributed by atoms with E-state index in [4.69, 9.17) is 0 Å². The van der Waals surface area contributed by atoms with Crippen molar-refractivity contribution in [3.8, 4) is 0 Å². The number of benzene rings is 1. The van der Waals surface area contributed by atoms with E-state index < -0.39 is 10.0 Å². The van der Waals surface area contributed by atoms with Gasteiger partial charge in [-0.05, 0) is 46.4 Å². The highest BCUT2D eigenvalue weighted by atomic mass is 79.9. The Bertz CT molecular complexity index is 535. The zero-order chi connectivity index (χ0) is 15.2. The Kier molecular flexibility index (Phi) is 7.53. The van der Waals surface area contributed by atoms with E-state index in [1.165, 1.54) is 0 Å². The molecule has 2 N–H and O–H groups in total. The Morgan fingerprint density at radius 3 is 2.65 bits per heavy atom. The number of thioether (sulfide) groups is 1. The summed E-state index contributed by atoms with van der Waals surface area (Å²) in [5.74, 6) is 0. The van der Waals surface area contributed by atoms with Gasteiger partial charge in [0.05, 0.1) is 4.90 Å². The first-order valence-corrected chi connectivity index (χ1v) is 9.98. The molecule has 20 heavy (non-hydrogen) atoms. The molecule has 0 radical (unpaired) electrons. The molecule has 1 rings (SSSR count). The van der Waals surface area contributed by atoms with Gasteiger partial charge < -0.3 is 5.32 Å². The Morgan fingerprint density at radius 2 is 2.10 bits per heavy atom. The van der Waals surface area contributed by atoms with Crippen LogP contribution in [0, 0.1) is 0 Å². The van der Waals surface area contributed by atoms with Crippen molar-refractivity contribution in [3.63, 3.8) is 0 Å². The summed E-state index contributed by atoms with van der Waals surface area (Å²) in [6.45, 7) is 6.06. The molecule has 4 nitrogen and oxygen atoms in total. The number of rotatable bonds is 8. The number of halogens is 1. The van der Waals surface area contributed by atoms with Crippen LogP contribution in [-0.2, 0) is 16.6 Å². The second kappa shape index (κ2) is 8.38. The average Bonchev–Trinajstić information content (AvgIpc) is 2.42. The van der Waals surface area contributed by atoms with E-state index in [0.717, 1.165) is 18.7 Å². The Labute approximate surface area is 134 Å². The second-order valence-corrected chi connectivity index (χ2v) is 8.31. The molecule has 0 bridgehead atoms. The van der Waals surface area contributed by atoms with Crippen molar-refractivity contribution in [1.29, 1.82) is 0 Å². The van der Waals surface area contributed by atoms with Crippen LogP contribution in [0.4, 0.5) is 0 Å². The topological polar surface area (TPSA) is 58.2 Å². The molecule has 7 heteroatoms. The fourth-order valence-electron chi connectivity index (χ4n) is 1.53. The molecule has 0 saturated heterocycles. The van der Waals surface area contributed by atoms with E-state index in [9.17, 15) is 8.42 Å². The predicted octanol–water partition coefficient (Wildman–Crippen LogP) is 2.59. The minimum absolute atomic E-state index is 0.247. The fraction of sp³-hybridized carbons (Fsp3) is 0.538. The van der Waals surface area contributed by atoms with Crippen LogP contribution in [0.3, 0.4) is 0 Å². The molecule has 1 atom stereocenters. The summed E-state index contributed by atoms with van der Waals surface area (Å²) >= 11 is 4.98. The van der Waals surface area contributed by atoms with Crippen molar-refractivity contribution >= 4 is 37.7 Å². The van der Waals surface area contributed by atoms with E-state index in [0.29, 0.717) is 11.0 Å². The number of sulfonamides is 1. The van der Waals surface area contributed by atoms with Crippen LogP contribution in [0.2, 0.25) is 0 Å². The Hall–Kier alpha value is -0.0800. The molecule has 114 valence electrons. The number of nitrogens with one attached hydrogen (secondary N) is 2. The first-order chi connectivity index (χ1) is 9.40. The first-order valence-electron chi connectivity index (χ1n) is 6.42. The van der Waals surface area contributed by atoms with Crippen LogP contribution in [0.1, 0.15) is 19.4 Å². The molecule has 0 aromatic heterocycles. The van der Waals surface area contributed by atoms with Gasteiger partial charge in [-0.3, -0.25) is 0 Å². The van der Waals surface area contributed by atoms with Crippen molar-refractivity contribution in [2.45, 2.75) is 30.5 Å². The van der Waals surface area contributed by atoms with Gasteiger partial charge in [0.1, 0.15) is 0 Å². The second-order valence-electron chi connectivity index (χ2n) is 4.44. The summed E-state index contributed by atoms with van der Waals surface area (Å²) in [5.41, 5.74) is 1.05. The predicted molar refractivity (Wildman–Crippen MR) is 89.7 cm³/mol. The van der Waals surface area contributed by atoms with Gasteiger partial charge in [0.15, 0.2) is 0 Å². The minimum Gasteiger partial charge on any atom is -0.313 e. The van der Waals surface area contributed by atoms with Gasteiger partial charge in [0, 0.05) is 22.8 Å². The summed E-state index contributed by atoms with van der Waals surface area (Å²) < 4.78 is 27.7. The van der Waals surface area contributed by atoms with Crippen LogP contribution >= 0.6 is 27.7 Å². The highest BCUT2D eigenvalue weighted by molar-refractivity contribution is 9.10. The molecule has 0 saturated carbocycles. The third-order valence-electron chi connectivity index (χ3n) is 2.83. The zero-order valence-corrected chi connectivity index (χ0v) is 15.2. The Morgan fingerprint density at radius 1 is 1.40 bits per heavy atom. The van der Waals surface area contributed by atoms with E-state index in [2.05, 4.69) is 26.0 Å². The van der Waals surface area contributed by atoms with Gasteiger partial charge >= 0.3 is 0 Å². The smallest absolute Gasteiger partial charge is 0.241 e. The van der Waals surface area contributed by atoms with Gasteiger partial charge in [-0.25, -0.2) is 13.1 Å². The quantitative estimate of drug-likeness (QED) is 0.727. The van der Waals surface area contributed by atoms with Crippen molar-refractivity contribution in [3.05, 3.63) is 28.2 Å². The highest BCUT2D eigenvalue weighted by Crippen LogP contribution is 2.23. The van der Waals surface area contributed by atoms with Gasteiger partial charge in [-0.2, -0.15) is 11.8 Å². The highest BCUT2D eigenvalue weighted by Gasteiger charge is 2.18. The minimum atomic E-state index is -3.46. The molecule has 0 aliphatic carbocycles. The van der Waals surface area contributed by atoms with Crippen LogP contribution in [0.5, 0.6) is 0 Å². The largest absolute Gasteiger partial charge is 0.313 e. The van der Waals surface area contributed by atoms with Gasteiger partial charge in [0.2, 0.25) is 10.0 Å². The molecule has 0 amide bonds. The van der Waals surface area contributed by atoms with Crippen LogP contribution in [-0.4, -0.2) is 33.0 Å². The van der Waals surface area contributed by atoms with Crippen molar-refractivity contribution in [2.24, 2.45) is 0 Å². The van der Waals surface area contributed by atoms with Gasteiger partial charge in [-0.15, -0.1) is 0 Å². The standard InChI is InChI=1S/C13H21BrN2O2S2/c1-4-15-9-11-5-6-13(12(14)7-11)20(17,18)16-8-10(2)19-3/h5-7,10,15-16H,4,8-9H2,1-3H3. The lowest BCUT2D eigenvalue weighted by molar-refractivity contribution is 0.581. The van der Waals surface area contributed by atoms with Gasteiger partial charge in [-0.1, -0.05) is 19.9 Å². The number of hydrogen-bond donors (Lipinski definition) is 2. The molecule has 1 aromatic rings. The van der Waals surface area contributed by atoms with Crippen molar-refractivity contribution in [1.82, 2.24) is 10.0 Å². The molecule has 1 unspecified atom stereocenters.